The van der Waals surface area contributed by atoms with Gasteiger partial charge in [-0.25, -0.2) is 0 Å². The number of nitro groups is 1. The molecule has 21 heavy (non-hydrogen) atoms. The molecule has 2 unspecified atom stereocenters. The Labute approximate surface area is 131 Å². The maximum Gasteiger partial charge on any atom is 0.312 e. The second kappa shape index (κ2) is 6.72. The summed E-state index contributed by atoms with van der Waals surface area (Å²) in [7, 11) is 0. The van der Waals surface area contributed by atoms with E-state index in [1.165, 1.54) is 13.0 Å². The Bertz CT molecular complexity index is 534. The van der Waals surface area contributed by atoms with E-state index in [9.17, 15) is 20.3 Å². The van der Waals surface area contributed by atoms with Gasteiger partial charge in [-0.1, -0.05) is 22.4 Å². The predicted octanol–water partition coefficient (Wildman–Crippen LogP) is 3.09. The van der Waals surface area contributed by atoms with Gasteiger partial charge in [-0.3, -0.25) is 10.1 Å². The smallest absolute Gasteiger partial charge is 0.312 e. The highest BCUT2D eigenvalue weighted by molar-refractivity contribution is 9.10. The minimum Gasteiger partial charge on any atom is -0.480 e. The van der Waals surface area contributed by atoms with Gasteiger partial charge < -0.3 is 14.9 Å². The minimum absolute atomic E-state index is 0.0455. The van der Waals surface area contributed by atoms with E-state index < -0.39 is 23.2 Å². The Morgan fingerprint density at radius 1 is 1.43 bits per heavy atom. The first-order chi connectivity index (χ1) is 9.90. The Balaban J connectivity index is 2.41. The minimum atomic E-state index is -0.906. The lowest BCUT2D eigenvalue weighted by Crippen LogP contribution is -2.35. The third-order valence-electron chi connectivity index (χ3n) is 3.65. The number of hydrogen-bond acceptors (Lipinski definition) is 5. The maximum atomic E-state index is 11.2. The van der Waals surface area contributed by atoms with Crippen molar-refractivity contribution in [2.45, 2.75) is 50.9 Å². The largest absolute Gasteiger partial charge is 0.480 e. The normalized spacial score (nSPS) is 23.6. The molecule has 0 radical (unpaired) electrons. The second-order valence-electron chi connectivity index (χ2n) is 5.28. The molecule has 0 spiro atoms. The average molecular weight is 360 g/mol. The summed E-state index contributed by atoms with van der Waals surface area (Å²) in [5.41, 5.74) is 0.131. The molecule has 0 aliphatic heterocycles. The van der Waals surface area contributed by atoms with Crippen LogP contribution in [-0.4, -0.2) is 27.3 Å². The van der Waals surface area contributed by atoms with E-state index in [0.717, 1.165) is 12.8 Å². The van der Waals surface area contributed by atoms with Gasteiger partial charge in [0.05, 0.1) is 17.1 Å². The van der Waals surface area contributed by atoms with Crippen LogP contribution in [0.3, 0.4) is 0 Å². The number of halogens is 1. The van der Waals surface area contributed by atoms with Crippen molar-refractivity contribution < 1.29 is 19.9 Å². The highest BCUT2D eigenvalue weighted by Crippen LogP contribution is 2.39. The molecule has 1 fully saturated rings. The van der Waals surface area contributed by atoms with Crippen molar-refractivity contribution in [3.8, 4) is 5.75 Å². The van der Waals surface area contributed by atoms with E-state index in [2.05, 4.69) is 15.9 Å². The standard InChI is InChI=1S/C14H18BrNO5/c1-8(17)10-6-9(15)7-11(16(19)20)14(10)21-13-5-3-2-4-12(13)18/h6-8,12-13,17-18H,2-5H2,1H3/t8-,12?,13?/m0/s1. The van der Waals surface area contributed by atoms with Gasteiger partial charge in [0.15, 0.2) is 0 Å². The quantitative estimate of drug-likeness (QED) is 0.636. The SMILES string of the molecule is C[C@H](O)c1cc(Br)cc([N+](=O)[O-])c1OC1CCCCC1O. The van der Waals surface area contributed by atoms with Crippen molar-refractivity contribution in [2.75, 3.05) is 0 Å². The summed E-state index contributed by atoms with van der Waals surface area (Å²) in [4.78, 5) is 10.7. The molecule has 1 aliphatic rings. The Kier molecular flexibility index (Phi) is 5.18. The second-order valence-corrected chi connectivity index (χ2v) is 6.20. The summed E-state index contributed by atoms with van der Waals surface area (Å²) in [6, 6.07) is 2.94. The number of rotatable bonds is 4. The molecule has 2 N–H and O–H groups in total. The van der Waals surface area contributed by atoms with Gasteiger partial charge in [0.1, 0.15) is 6.10 Å². The van der Waals surface area contributed by atoms with Crippen LogP contribution < -0.4 is 4.74 Å². The fourth-order valence-corrected chi connectivity index (χ4v) is 3.00. The summed E-state index contributed by atoms with van der Waals surface area (Å²) < 4.78 is 6.24. The third kappa shape index (κ3) is 3.72. The molecule has 1 aromatic rings. The number of hydrogen-bond donors (Lipinski definition) is 2. The molecule has 0 amide bonds. The van der Waals surface area contributed by atoms with E-state index in [1.807, 2.05) is 0 Å². The average Bonchev–Trinajstić information content (AvgIpc) is 2.42. The van der Waals surface area contributed by atoms with Crippen molar-refractivity contribution in [1.82, 2.24) is 0 Å². The molecule has 0 bridgehead atoms. The topological polar surface area (TPSA) is 92.8 Å². The first kappa shape index (κ1) is 16.2. The predicted molar refractivity (Wildman–Crippen MR) is 80.3 cm³/mol. The van der Waals surface area contributed by atoms with Crippen LogP contribution in [0.15, 0.2) is 16.6 Å². The first-order valence-electron chi connectivity index (χ1n) is 6.90. The van der Waals surface area contributed by atoms with Gasteiger partial charge in [0.2, 0.25) is 5.75 Å². The van der Waals surface area contributed by atoms with Crippen LogP contribution in [-0.2, 0) is 0 Å². The highest BCUT2D eigenvalue weighted by atomic mass is 79.9. The number of nitrogens with zero attached hydrogens (tertiary/aromatic N) is 1. The molecule has 0 heterocycles. The van der Waals surface area contributed by atoms with E-state index in [-0.39, 0.29) is 11.4 Å². The van der Waals surface area contributed by atoms with Gasteiger partial charge in [-0.2, -0.15) is 0 Å². The van der Waals surface area contributed by atoms with Crippen molar-refractivity contribution in [1.29, 1.82) is 0 Å². The van der Waals surface area contributed by atoms with Crippen molar-refractivity contribution in [3.05, 3.63) is 32.3 Å². The zero-order chi connectivity index (χ0) is 15.6. The van der Waals surface area contributed by atoms with Crippen LogP contribution in [0, 0.1) is 10.1 Å². The van der Waals surface area contributed by atoms with E-state index in [4.69, 9.17) is 4.74 Å². The number of nitro benzene ring substituents is 1. The molecule has 1 saturated carbocycles. The number of aliphatic hydroxyl groups excluding tert-OH is 2. The molecule has 1 aliphatic carbocycles. The molecule has 3 atom stereocenters. The highest BCUT2D eigenvalue weighted by Gasteiger charge is 2.30. The van der Waals surface area contributed by atoms with Crippen LogP contribution in [0.2, 0.25) is 0 Å². The van der Waals surface area contributed by atoms with Crippen LogP contribution in [0.25, 0.3) is 0 Å². The molecular formula is C14H18BrNO5. The summed E-state index contributed by atoms with van der Waals surface area (Å²) >= 11 is 3.20. The van der Waals surface area contributed by atoms with Crippen LogP contribution >= 0.6 is 15.9 Å². The van der Waals surface area contributed by atoms with Gasteiger partial charge >= 0.3 is 5.69 Å². The summed E-state index contributed by atoms with van der Waals surface area (Å²) in [6.07, 6.45) is 1.09. The Morgan fingerprint density at radius 2 is 2.10 bits per heavy atom. The lowest BCUT2D eigenvalue weighted by Gasteiger charge is -2.29. The number of benzene rings is 1. The summed E-state index contributed by atoms with van der Waals surface area (Å²) in [5, 5.41) is 31.1. The lowest BCUT2D eigenvalue weighted by molar-refractivity contribution is -0.386. The van der Waals surface area contributed by atoms with Crippen molar-refractivity contribution >= 4 is 21.6 Å². The summed E-state index contributed by atoms with van der Waals surface area (Å²) in [6.45, 7) is 1.52. The van der Waals surface area contributed by atoms with Gasteiger partial charge in [0, 0.05) is 16.1 Å². The van der Waals surface area contributed by atoms with Gasteiger partial charge in [-0.15, -0.1) is 0 Å². The van der Waals surface area contributed by atoms with E-state index >= 15 is 0 Å². The van der Waals surface area contributed by atoms with Gasteiger partial charge in [0.25, 0.3) is 0 Å². The zero-order valence-electron chi connectivity index (χ0n) is 11.7. The van der Waals surface area contributed by atoms with Crippen LogP contribution in [0.1, 0.15) is 44.3 Å². The monoisotopic (exact) mass is 359 g/mol. The van der Waals surface area contributed by atoms with Crippen LogP contribution in [0.5, 0.6) is 5.75 Å². The molecule has 7 heteroatoms. The van der Waals surface area contributed by atoms with Crippen LogP contribution in [0.4, 0.5) is 5.69 Å². The van der Waals surface area contributed by atoms with E-state index in [0.29, 0.717) is 22.9 Å². The molecule has 6 nitrogen and oxygen atoms in total. The third-order valence-corrected chi connectivity index (χ3v) is 4.10. The molecule has 1 aromatic carbocycles. The first-order valence-corrected chi connectivity index (χ1v) is 7.70. The molecular weight excluding hydrogens is 342 g/mol. The lowest BCUT2D eigenvalue weighted by atomic mass is 9.94. The van der Waals surface area contributed by atoms with Crippen molar-refractivity contribution in [2.24, 2.45) is 0 Å². The molecule has 116 valence electrons. The molecule has 0 saturated heterocycles. The number of aliphatic hydroxyl groups is 2. The van der Waals surface area contributed by atoms with Crippen molar-refractivity contribution in [3.63, 3.8) is 0 Å². The van der Waals surface area contributed by atoms with E-state index in [1.54, 1.807) is 6.07 Å². The molecule has 0 aromatic heterocycles. The zero-order valence-corrected chi connectivity index (χ0v) is 13.2. The fraction of sp³-hybridized carbons (Fsp3) is 0.571. The maximum absolute atomic E-state index is 11.2. The Morgan fingerprint density at radius 3 is 2.67 bits per heavy atom. The fourth-order valence-electron chi connectivity index (χ4n) is 2.54. The molecule has 2 rings (SSSR count). The number of ether oxygens (including phenoxy) is 1. The Hall–Kier alpha value is -1.18. The summed E-state index contributed by atoms with van der Waals surface area (Å²) in [5.74, 6) is 0.0455. The van der Waals surface area contributed by atoms with Gasteiger partial charge in [-0.05, 0) is 32.3 Å².